The maximum Gasteiger partial charge on any atom is 0.262 e. The molecule has 8 heteroatoms. The molecule has 3 rings (SSSR count). The molecule has 1 aliphatic heterocycles. The Labute approximate surface area is 159 Å². The van der Waals surface area contributed by atoms with Crippen molar-refractivity contribution in [2.75, 3.05) is 32.0 Å². The Kier molecular flexibility index (Phi) is 5.67. The maximum atomic E-state index is 12.6. The van der Waals surface area contributed by atoms with Crippen molar-refractivity contribution in [2.24, 2.45) is 0 Å². The second kappa shape index (κ2) is 7.98. The zero-order valence-corrected chi connectivity index (χ0v) is 16.1. The van der Waals surface area contributed by atoms with Crippen molar-refractivity contribution in [2.45, 2.75) is 17.4 Å². The second-order valence-electron chi connectivity index (χ2n) is 6.39. The topological polar surface area (TPSA) is 87.7 Å². The van der Waals surface area contributed by atoms with E-state index in [0.29, 0.717) is 17.0 Å². The van der Waals surface area contributed by atoms with Gasteiger partial charge in [-0.3, -0.25) is 9.52 Å². The molecule has 1 heterocycles. The highest BCUT2D eigenvalue weighted by Crippen LogP contribution is 2.26. The van der Waals surface area contributed by atoms with E-state index < -0.39 is 10.0 Å². The highest BCUT2D eigenvalue weighted by Gasteiger charge is 2.24. The third-order valence-corrected chi connectivity index (χ3v) is 6.05. The summed E-state index contributed by atoms with van der Waals surface area (Å²) in [5.74, 6) is 0.310. The van der Waals surface area contributed by atoms with Crippen LogP contribution in [0, 0.1) is 0 Å². The number of hydrogen-bond donors (Lipinski definition) is 2. The average Bonchev–Trinajstić information content (AvgIpc) is 3.22. The Morgan fingerprint density at radius 1 is 1.19 bits per heavy atom. The lowest BCUT2D eigenvalue weighted by molar-refractivity contribution is 0.0743. The molecule has 0 spiro atoms. The molecule has 7 nitrogen and oxygen atoms in total. The minimum Gasteiger partial charge on any atom is -0.495 e. The summed E-state index contributed by atoms with van der Waals surface area (Å²) in [5, 5.41) is 3.23. The van der Waals surface area contributed by atoms with Gasteiger partial charge >= 0.3 is 0 Å². The molecular weight excluding hydrogens is 366 g/mol. The average molecular weight is 389 g/mol. The summed E-state index contributed by atoms with van der Waals surface area (Å²) in [5.41, 5.74) is 0.814. The first-order valence-corrected chi connectivity index (χ1v) is 10.1. The van der Waals surface area contributed by atoms with Gasteiger partial charge in [-0.2, -0.15) is 0 Å². The van der Waals surface area contributed by atoms with E-state index in [9.17, 15) is 13.2 Å². The van der Waals surface area contributed by atoms with Crippen LogP contribution in [-0.4, -0.2) is 52.5 Å². The van der Waals surface area contributed by atoms with Crippen molar-refractivity contribution in [1.29, 1.82) is 0 Å². The van der Waals surface area contributed by atoms with Gasteiger partial charge in [0.05, 0.1) is 17.7 Å². The number of methoxy groups -OCH3 is 1. The Balaban J connectivity index is 1.76. The van der Waals surface area contributed by atoms with Crippen molar-refractivity contribution in [1.82, 2.24) is 10.2 Å². The van der Waals surface area contributed by atoms with E-state index in [-0.39, 0.29) is 16.8 Å². The zero-order chi connectivity index (χ0) is 19.4. The van der Waals surface area contributed by atoms with E-state index in [0.717, 1.165) is 19.5 Å². The molecule has 2 N–H and O–H groups in total. The number of para-hydroxylation sites is 2. The first-order chi connectivity index (χ1) is 12.9. The molecule has 0 radical (unpaired) electrons. The SMILES string of the molecule is COc1ccccc1NS(=O)(=O)c1ccc(C(=O)N(C)C2CCNC2)cc1. The molecule has 1 amide bonds. The number of carbonyl (C=O) groups is 1. The standard InChI is InChI=1S/C19H23N3O4S/c1-22(15-11-12-20-13-15)19(23)14-7-9-16(10-8-14)27(24,25)21-17-5-3-4-6-18(17)26-2/h3-10,15,20-21H,11-13H2,1-2H3. The summed E-state index contributed by atoms with van der Waals surface area (Å²) in [6.07, 6.45) is 0.914. The highest BCUT2D eigenvalue weighted by atomic mass is 32.2. The third-order valence-electron chi connectivity index (χ3n) is 4.67. The number of anilines is 1. The van der Waals surface area contributed by atoms with Gasteiger partial charge in [-0.05, 0) is 49.4 Å². The number of benzene rings is 2. The van der Waals surface area contributed by atoms with Crippen LogP contribution in [0.4, 0.5) is 5.69 Å². The monoisotopic (exact) mass is 389 g/mol. The highest BCUT2D eigenvalue weighted by molar-refractivity contribution is 7.92. The number of nitrogens with one attached hydrogen (secondary N) is 2. The third kappa shape index (κ3) is 4.23. The van der Waals surface area contributed by atoms with Crippen LogP contribution in [0.15, 0.2) is 53.4 Å². The number of hydrogen-bond acceptors (Lipinski definition) is 5. The maximum absolute atomic E-state index is 12.6. The minimum atomic E-state index is -3.79. The van der Waals surface area contributed by atoms with Crippen LogP contribution < -0.4 is 14.8 Å². The first kappa shape index (κ1) is 19.2. The van der Waals surface area contributed by atoms with Crippen LogP contribution in [0.3, 0.4) is 0 Å². The Bertz CT molecular complexity index is 907. The normalized spacial score (nSPS) is 16.7. The molecule has 0 aliphatic carbocycles. The number of sulfonamides is 1. The molecule has 1 atom stereocenters. The smallest absolute Gasteiger partial charge is 0.262 e. The van der Waals surface area contributed by atoms with E-state index in [1.807, 2.05) is 0 Å². The van der Waals surface area contributed by atoms with Gasteiger partial charge < -0.3 is 15.0 Å². The van der Waals surface area contributed by atoms with Crippen LogP contribution in [0.1, 0.15) is 16.8 Å². The fourth-order valence-corrected chi connectivity index (χ4v) is 4.12. The fraction of sp³-hybridized carbons (Fsp3) is 0.316. The van der Waals surface area contributed by atoms with Crippen molar-refractivity contribution in [3.8, 4) is 5.75 Å². The summed E-state index contributed by atoms with van der Waals surface area (Å²) in [6, 6.07) is 12.9. The predicted octanol–water partition coefficient (Wildman–Crippen LogP) is 1.93. The Morgan fingerprint density at radius 2 is 1.89 bits per heavy atom. The lowest BCUT2D eigenvalue weighted by atomic mass is 10.1. The molecule has 2 aromatic carbocycles. The molecule has 0 bridgehead atoms. The van der Waals surface area contributed by atoms with Gasteiger partial charge in [-0.1, -0.05) is 12.1 Å². The van der Waals surface area contributed by atoms with E-state index in [2.05, 4.69) is 10.0 Å². The van der Waals surface area contributed by atoms with E-state index >= 15 is 0 Å². The van der Waals surface area contributed by atoms with Gasteiger partial charge in [0.15, 0.2) is 0 Å². The molecule has 1 aliphatic rings. The summed E-state index contributed by atoms with van der Waals surface area (Å²) in [7, 11) is -0.541. The van der Waals surface area contributed by atoms with Crippen LogP contribution in [0.5, 0.6) is 5.75 Å². The largest absolute Gasteiger partial charge is 0.495 e. The molecular formula is C19H23N3O4S. The van der Waals surface area contributed by atoms with Gasteiger partial charge in [0.25, 0.3) is 15.9 Å². The number of amides is 1. The van der Waals surface area contributed by atoms with Crippen LogP contribution in [0.25, 0.3) is 0 Å². The number of likely N-dealkylation sites (N-methyl/N-ethyl adjacent to an activating group) is 1. The Hall–Kier alpha value is -2.58. The van der Waals surface area contributed by atoms with E-state index in [1.54, 1.807) is 36.2 Å². The van der Waals surface area contributed by atoms with Crippen molar-refractivity contribution in [3.63, 3.8) is 0 Å². The minimum absolute atomic E-state index is 0.0788. The molecule has 0 aromatic heterocycles. The molecule has 27 heavy (non-hydrogen) atoms. The lowest BCUT2D eigenvalue weighted by Gasteiger charge is -2.23. The van der Waals surface area contributed by atoms with Crippen LogP contribution in [-0.2, 0) is 10.0 Å². The molecule has 1 unspecified atom stereocenters. The summed E-state index contributed by atoms with van der Waals surface area (Å²) in [6.45, 7) is 1.67. The molecule has 1 saturated heterocycles. The van der Waals surface area contributed by atoms with Gasteiger partial charge in [-0.25, -0.2) is 8.42 Å². The van der Waals surface area contributed by atoms with Gasteiger partial charge in [-0.15, -0.1) is 0 Å². The number of carbonyl (C=O) groups excluding carboxylic acids is 1. The van der Waals surface area contributed by atoms with E-state index in [1.165, 1.54) is 31.4 Å². The number of ether oxygens (including phenoxy) is 1. The summed E-state index contributed by atoms with van der Waals surface area (Å²) in [4.78, 5) is 14.4. The second-order valence-corrected chi connectivity index (χ2v) is 8.08. The van der Waals surface area contributed by atoms with Crippen molar-refractivity contribution in [3.05, 3.63) is 54.1 Å². The molecule has 144 valence electrons. The lowest BCUT2D eigenvalue weighted by Crippen LogP contribution is -2.38. The zero-order valence-electron chi connectivity index (χ0n) is 15.3. The van der Waals surface area contributed by atoms with Crippen LogP contribution >= 0.6 is 0 Å². The Morgan fingerprint density at radius 3 is 2.52 bits per heavy atom. The van der Waals surface area contributed by atoms with E-state index in [4.69, 9.17) is 4.74 Å². The fourth-order valence-electron chi connectivity index (χ4n) is 3.05. The number of rotatable bonds is 6. The van der Waals surface area contributed by atoms with Gasteiger partial charge in [0, 0.05) is 25.2 Å². The quantitative estimate of drug-likeness (QED) is 0.788. The molecule has 2 aromatic rings. The summed E-state index contributed by atoms with van der Waals surface area (Å²) >= 11 is 0. The van der Waals surface area contributed by atoms with Crippen LogP contribution in [0.2, 0.25) is 0 Å². The van der Waals surface area contributed by atoms with Crippen molar-refractivity contribution >= 4 is 21.6 Å². The predicted molar refractivity (Wildman–Crippen MR) is 104 cm³/mol. The van der Waals surface area contributed by atoms with Gasteiger partial charge in [0.1, 0.15) is 5.75 Å². The first-order valence-electron chi connectivity index (χ1n) is 8.66. The van der Waals surface area contributed by atoms with Crippen molar-refractivity contribution < 1.29 is 17.9 Å². The molecule has 1 fully saturated rings. The van der Waals surface area contributed by atoms with Gasteiger partial charge in [0.2, 0.25) is 0 Å². The number of nitrogens with zero attached hydrogens (tertiary/aromatic N) is 1. The molecule has 0 saturated carbocycles. The summed E-state index contributed by atoms with van der Waals surface area (Å²) < 4.78 is 32.9.